The van der Waals surface area contributed by atoms with Crippen molar-refractivity contribution in [2.45, 2.75) is 25.2 Å². The van der Waals surface area contributed by atoms with E-state index in [-0.39, 0.29) is 18.9 Å². The van der Waals surface area contributed by atoms with E-state index in [0.717, 1.165) is 12.8 Å². The first kappa shape index (κ1) is 13.2. The molecule has 2 aromatic rings. The minimum Gasteiger partial charge on any atom is -0.394 e. The summed E-state index contributed by atoms with van der Waals surface area (Å²) in [6.07, 6.45) is 9.04. The Labute approximate surface area is 126 Å². The van der Waals surface area contributed by atoms with Gasteiger partial charge in [0, 0.05) is 5.92 Å². The Hall–Kier alpha value is -1.50. The molecule has 0 spiro atoms. The predicted octanol–water partition coefficient (Wildman–Crippen LogP) is 1.95. The van der Waals surface area contributed by atoms with Crippen molar-refractivity contribution in [3.8, 4) is 0 Å². The fourth-order valence-electron chi connectivity index (χ4n) is 3.45. The van der Waals surface area contributed by atoms with Crippen molar-refractivity contribution in [2.24, 2.45) is 11.8 Å². The van der Waals surface area contributed by atoms with Crippen LogP contribution < -0.4 is 0 Å². The smallest absolute Gasteiger partial charge is 0.166 e. The number of aliphatic hydroxyl groups excluding tert-OH is 1. The summed E-state index contributed by atoms with van der Waals surface area (Å²) in [4.78, 5) is 12.5. The minimum atomic E-state index is -0.173. The Morgan fingerprint density at radius 1 is 1.24 bits per heavy atom. The molecule has 0 saturated carbocycles. The van der Waals surface area contributed by atoms with E-state index < -0.39 is 0 Å². The quantitative estimate of drug-likeness (QED) is 0.678. The number of hydrogen-bond donors (Lipinski definition) is 1. The molecule has 0 radical (unpaired) electrons. The average Bonchev–Trinajstić information content (AvgIpc) is 3.09. The lowest BCUT2D eigenvalue weighted by atomic mass is 9.81. The van der Waals surface area contributed by atoms with Crippen molar-refractivity contribution >= 4 is 22.8 Å². The Morgan fingerprint density at radius 3 is 2.86 bits per heavy atom. The molecule has 4 rings (SSSR count). The average molecular weight is 307 g/mol. The Kier molecular flexibility index (Phi) is 3.17. The summed E-state index contributed by atoms with van der Waals surface area (Å²) >= 11 is 6.05. The van der Waals surface area contributed by atoms with Gasteiger partial charge < -0.3 is 9.84 Å². The Bertz CT molecular complexity index is 701. The molecular formula is C14H15ClN4O2. The highest BCUT2D eigenvalue weighted by atomic mass is 35.5. The zero-order valence-electron chi connectivity index (χ0n) is 11.3. The molecule has 1 N–H and O–H groups in total. The number of ether oxygens (including phenoxy) is 1. The number of nitrogens with zero attached hydrogens (tertiary/aromatic N) is 4. The summed E-state index contributed by atoms with van der Waals surface area (Å²) in [7, 11) is 0. The van der Waals surface area contributed by atoms with Crippen LogP contribution in [-0.2, 0) is 4.74 Å². The third-order valence-electron chi connectivity index (χ3n) is 4.46. The number of aromatic nitrogens is 4. The zero-order valence-corrected chi connectivity index (χ0v) is 12.0. The summed E-state index contributed by atoms with van der Waals surface area (Å²) in [5.74, 6) is 0.651. The van der Waals surface area contributed by atoms with Crippen LogP contribution in [0, 0.1) is 11.8 Å². The second-order valence-corrected chi connectivity index (χ2v) is 5.86. The molecule has 1 aliphatic heterocycles. The molecule has 4 atom stereocenters. The maximum absolute atomic E-state index is 9.56. The van der Waals surface area contributed by atoms with Crippen molar-refractivity contribution in [3.63, 3.8) is 0 Å². The van der Waals surface area contributed by atoms with Crippen LogP contribution in [0.15, 0.2) is 24.8 Å². The molecule has 21 heavy (non-hydrogen) atoms. The molecule has 1 saturated heterocycles. The van der Waals surface area contributed by atoms with Crippen LogP contribution in [0.2, 0.25) is 5.15 Å². The standard InChI is InChI=1S/C14H15ClN4O2/c15-12-11-13(17-6-16-12)19(7-18-11)14-9-4-2-1-3-8(9)10(5-20)21-14/h1-2,6-10,14,20H,3-5H2/t8-,9+,10+,14-/m0/s1. The second kappa shape index (κ2) is 5.05. The normalized spacial score (nSPS) is 31.7. The van der Waals surface area contributed by atoms with Crippen LogP contribution in [0.25, 0.3) is 11.2 Å². The molecule has 0 aromatic carbocycles. The van der Waals surface area contributed by atoms with Crippen LogP contribution >= 0.6 is 11.6 Å². The SMILES string of the molecule is OC[C@H]1O[C@H](n2cnc3c(Cl)ncnc32)[C@@H]2CC=CC[C@@H]21. The van der Waals surface area contributed by atoms with Crippen molar-refractivity contribution < 1.29 is 9.84 Å². The molecule has 110 valence electrons. The highest BCUT2D eigenvalue weighted by molar-refractivity contribution is 6.33. The van der Waals surface area contributed by atoms with Gasteiger partial charge in [-0.15, -0.1) is 0 Å². The lowest BCUT2D eigenvalue weighted by Crippen LogP contribution is -2.25. The number of fused-ring (bicyclic) bond motifs is 2. The predicted molar refractivity (Wildman–Crippen MR) is 76.7 cm³/mol. The molecule has 3 heterocycles. The maximum Gasteiger partial charge on any atom is 0.166 e. The topological polar surface area (TPSA) is 73.1 Å². The number of imidazole rings is 1. The van der Waals surface area contributed by atoms with Crippen LogP contribution in [0.4, 0.5) is 0 Å². The first-order valence-corrected chi connectivity index (χ1v) is 7.41. The minimum absolute atomic E-state index is 0.0356. The molecule has 0 amide bonds. The number of rotatable bonds is 2. The third kappa shape index (κ3) is 1.97. The largest absolute Gasteiger partial charge is 0.394 e. The Balaban J connectivity index is 1.78. The van der Waals surface area contributed by atoms with Gasteiger partial charge in [-0.05, 0) is 18.8 Å². The van der Waals surface area contributed by atoms with Gasteiger partial charge in [0.25, 0.3) is 0 Å². The van der Waals surface area contributed by atoms with Gasteiger partial charge in [0.2, 0.25) is 0 Å². The number of hydrogen-bond acceptors (Lipinski definition) is 5. The lowest BCUT2D eigenvalue weighted by Gasteiger charge is -2.25. The van der Waals surface area contributed by atoms with Crippen molar-refractivity contribution in [1.29, 1.82) is 0 Å². The number of halogens is 1. The summed E-state index contributed by atoms with van der Waals surface area (Å²) in [6, 6.07) is 0. The van der Waals surface area contributed by atoms with Gasteiger partial charge in [-0.2, -0.15) is 0 Å². The lowest BCUT2D eigenvalue weighted by molar-refractivity contribution is -0.0349. The molecule has 6 nitrogen and oxygen atoms in total. The molecule has 1 aliphatic carbocycles. The van der Waals surface area contributed by atoms with E-state index in [1.54, 1.807) is 6.33 Å². The number of aliphatic hydroxyl groups is 1. The summed E-state index contributed by atoms with van der Waals surface area (Å²) in [5, 5.41) is 9.90. The van der Waals surface area contributed by atoms with E-state index in [0.29, 0.717) is 28.2 Å². The first-order valence-electron chi connectivity index (χ1n) is 7.04. The highest BCUT2D eigenvalue weighted by Crippen LogP contribution is 2.46. The maximum atomic E-state index is 9.56. The number of allylic oxidation sites excluding steroid dienone is 2. The van der Waals surface area contributed by atoms with E-state index in [2.05, 4.69) is 27.1 Å². The van der Waals surface area contributed by atoms with Crippen LogP contribution in [-0.4, -0.2) is 37.3 Å². The van der Waals surface area contributed by atoms with Gasteiger partial charge in [0.15, 0.2) is 10.8 Å². The van der Waals surface area contributed by atoms with Crippen LogP contribution in [0.5, 0.6) is 0 Å². The summed E-state index contributed by atoms with van der Waals surface area (Å²) < 4.78 is 7.99. The van der Waals surface area contributed by atoms with E-state index in [1.165, 1.54) is 6.33 Å². The molecule has 2 aliphatic rings. The van der Waals surface area contributed by atoms with Crippen LogP contribution in [0.1, 0.15) is 19.1 Å². The molecule has 0 bridgehead atoms. The highest BCUT2D eigenvalue weighted by Gasteiger charge is 2.45. The van der Waals surface area contributed by atoms with E-state index in [1.807, 2.05) is 4.57 Å². The van der Waals surface area contributed by atoms with Gasteiger partial charge in [-0.3, -0.25) is 4.57 Å². The fourth-order valence-corrected chi connectivity index (χ4v) is 3.63. The van der Waals surface area contributed by atoms with Gasteiger partial charge in [0.05, 0.1) is 19.0 Å². The monoisotopic (exact) mass is 306 g/mol. The molecule has 1 fully saturated rings. The third-order valence-corrected chi connectivity index (χ3v) is 4.74. The summed E-state index contributed by atoms with van der Waals surface area (Å²) in [5.41, 5.74) is 1.25. The second-order valence-electron chi connectivity index (χ2n) is 5.51. The van der Waals surface area contributed by atoms with E-state index in [9.17, 15) is 5.11 Å². The first-order chi connectivity index (χ1) is 10.3. The zero-order chi connectivity index (χ0) is 14.4. The van der Waals surface area contributed by atoms with Gasteiger partial charge in [-0.25, -0.2) is 15.0 Å². The molecule has 0 unspecified atom stereocenters. The van der Waals surface area contributed by atoms with Gasteiger partial charge in [-0.1, -0.05) is 23.8 Å². The summed E-state index contributed by atoms with van der Waals surface area (Å²) in [6.45, 7) is 0.0356. The van der Waals surface area contributed by atoms with E-state index in [4.69, 9.17) is 16.3 Å². The fraction of sp³-hybridized carbons (Fsp3) is 0.500. The van der Waals surface area contributed by atoms with Crippen molar-refractivity contribution in [1.82, 2.24) is 19.5 Å². The Morgan fingerprint density at radius 2 is 2.05 bits per heavy atom. The molecule has 7 heteroatoms. The van der Waals surface area contributed by atoms with Crippen molar-refractivity contribution in [2.75, 3.05) is 6.61 Å². The van der Waals surface area contributed by atoms with Crippen molar-refractivity contribution in [3.05, 3.63) is 30.0 Å². The van der Waals surface area contributed by atoms with Gasteiger partial charge in [0.1, 0.15) is 18.1 Å². The van der Waals surface area contributed by atoms with Crippen LogP contribution in [0.3, 0.4) is 0 Å². The molecule has 2 aromatic heterocycles. The van der Waals surface area contributed by atoms with Gasteiger partial charge >= 0.3 is 0 Å². The molecular weight excluding hydrogens is 292 g/mol. The van der Waals surface area contributed by atoms with E-state index >= 15 is 0 Å².